The maximum atomic E-state index is 11.9. The lowest BCUT2D eigenvalue weighted by atomic mass is 10.2. The minimum atomic E-state index is -3.42. The van der Waals surface area contributed by atoms with E-state index < -0.39 is 10.0 Å². The molecule has 0 aromatic heterocycles. The summed E-state index contributed by atoms with van der Waals surface area (Å²) in [5, 5.41) is 6.79. The molecule has 0 saturated carbocycles. The Labute approximate surface area is 186 Å². The molecule has 2 aromatic rings. The summed E-state index contributed by atoms with van der Waals surface area (Å²) >= 11 is 0. The van der Waals surface area contributed by atoms with Crippen molar-refractivity contribution in [2.75, 3.05) is 26.7 Å². The molecule has 1 unspecified atom stereocenters. The molecule has 0 bridgehead atoms. The van der Waals surface area contributed by atoms with Gasteiger partial charge < -0.3 is 10.6 Å². The Morgan fingerprint density at radius 2 is 1.81 bits per heavy atom. The van der Waals surface area contributed by atoms with Gasteiger partial charge in [0.05, 0.1) is 11.4 Å². The first-order valence-electron chi connectivity index (χ1n) is 10.8. The van der Waals surface area contributed by atoms with Crippen LogP contribution < -0.4 is 15.4 Å². The van der Waals surface area contributed by atoms with Crippen LogP contribution in [0.3, 0.4) is 0 Å². The van der Waals surface area contributed by atoms with Crippen molar-refractivity contribution < 1.29 is 8.42 Å². The summed E-state index contributed by atoms with van der Waals surface area (Å²) in [6.45, 7) is 6.25. The number of nitrogens with one attached hydrogen (secondary N) is 3. The second-order valence-corrected chi connectivity index (χ2v) is 9.57. The van der Waals surface area contributed by atoms with Gasteiger partial charge in [0.15, 0.2) is 5.96 Å². The largest absolute Gasteiger partial charge is 0.357 e. The van der Waals surface area contributed by atoms with E-state index in [0.29, 0.717) is 12.6 Å². The molecule has 7 nitrogen and oxygen atoms in total. The van der Waals surface area contributed by atoms with E-state index >= 15 is 0 Å². The first-order chi connectivity index (χ1) is 15.0. The monoisotopic (exact) mass is 443 g/mol. The lowest BCUT2D eigenvalue weighted by molar-refractivity contribution is 0.245. The van der Waals surface area contributed by atoms with Gasteiger partial charge in [0.2, 0.25) is 10.0 Å². The first kappa shape index (κ1) is 23.2. The molecule has 31 heavy (non-hydrogen) atoms. The summed E-state index contributed by atoms with van der Waals surface area (Å²) < 4.78 is 26.0. The summed E-state index contributed by atoms with van der Waals surface area (Å²) in [7, 11) is -2.01. The third-order valence-electron chi connectivity index (χ3n) is 5.50. The Morgan fingerprint density at radius 1 is 1.06 bits per heavy atom. The van der Waals surface area contributed by atoms with Crippen molar-refractivity contribution in [3.63, 3.8) is 0 Å². The standard InChI is InChI=1S/C23H33N5O2S/c1-3-25-23(26-16-19-11-13-22(14-12-19)31(29,30)24-2)27-17-21-10-7-15-28(21)18-20-8-5-4-6-9-20/h4-6,8-9,11-14,21,24H,3,7,10,15-18H2,1-2H3,(H2,25,26,27). The fourth-order valence-electron chi connectivity index (χ4n) is 3.77. The molecule has 3 rings (SSSR count). The van der Waals surface area contributed by atoms with Gasteiger partial charge in [-0.2, -0.15) is 0 Å². The highest BCUT2D eigenvalue weighted by Crippen LogP contribution is 2.19. The molecule has 0 aliphatic carbocycles. The van der Waals surface area contributed by atoms with Crippen LogP contribution >= 0.6 is 0 Å². The van der Waals surface area contributed by atoms with E-state index in [0.717, 1.165) is 37.7 Å². The van der Waals surface area contributed by atoms with Crippen LogP contribution in [-0.4, -0.2) is 52.0 Å². The molecule has 0 radical (unpaired) electrons. The smallest absolute Gasteiger partial charge is 0.240 e. The van der Waals surface area contributed by atoms with Gasteiger partial charge in [0.1, 0.15) is 0 Å². The first-order valence-corrected chi connectivity index (χ1v) is 12.3. The molecule has 168 valence electrons. The number of benzene rings is 2. The molecule has 8 heteroatoms. The Hall–Kier alpha value is -2.42. The highest BCUT2D eigenvalue weighted by molar-refractivity contribution is 7.89. The van der Waals surface area contributed by atoms with Crippen molar-refractivity contribution in [3.05, 3.63) is 65.7 Å². The van der Waals surface area contributed by atoms with Crippen LogP contribution in [-0.2, 0) is 23.1 Å². The SMILES string of the molecule is CCNC(=NCc1ccc(S(=O)(=O)NC)cc1)NCC1CCCN1Cc1ccccc1. The van der Waals surface area contributed by atoms with Gasteiger partial charge in [0.25, 0.3) is 0 Å². The predicted molar refractivity (Wildman–Crippen MR) is 125 cm³/mol. The van der Waals surface area contributed by atoms with Crippen LogP contribution in [0.4, 0.5) is 0 Å². The summed E-state index contributed by atoms with van der Waals surface area (Å²) in [5.74, 6) is 0.779. The zero-order valence-electron chi connectivity index (χ0n) is 18.3. The van der Waals surface area contributed by atoms with Gasteiger partial charge in [-0.3, -0.25) is 4.90 Å². The molecular weight excluding hydrogens is 410 g/mol. The maximum Gasteiger partial charge on any atom is 0.240 e. The number of likely N-dealkylation sites (tertiary alicyclic amines) is 1. The van der Waals surface area contributed by atoms with Gasteiger partial charge in [-0.1, -0.05) is 42.5 Å². The molecule has 0 amide bonds. The lowest BCUT2D eigenvalue weighted by Crippen LogP contribution is -2.44. The molecule has 1 atom stereocenters. The Bertz CT molecular complexity index is 946. The molecule has 2 aromatic carbocycles. The van der Waals surface area contributed by atoms with E-state index in [9.17, 15) is 8.42 Å². The molecular formula is C23H33N5O2S. The van der Waals surface area contributed by atoms with Gasteiger partial charge >= 0.3 is 0 Å². The molecule has 1 aliphatic rings. The third-order valence-corrected chi connectivity index (χ3v) is 6.93. The van der Waals surface area contributed by atoms with E-state index in [2.05, 4.69) is 55.6 Å². The van der Waals surface area contributed by atoms with E-state index in [1.807, 2.05) is 6.92 Å². The average Bonchev–Trinajstić information content (AvgIpc) is 3.23. The second kappa shape index (κ2) is 11.3. The van der Waals surface area contributed by atoms with Crippen LogP contribution in [0.5, 0.6) is 0 Å². The third kappa shape index (κ3) is 6.78. The molecule has 1 fully saturated rings. The van der Waals surface area contributed by atoms with Crippen molar-refractivity contribution in [3.8, 4) is 0 Å². The summed E-state index contributed by atoms with van der Waals surface area (Å²) in [6, 6.07) is 17.9. The van der Waals surface area contributed by atoms with Crippen molar-refractivity contribution in [2.24, 2.45) is 4.99 Å². The van der Waals surface area contributed by atoms with E-state index in [1.54, 1.807) is 24.3 Å². The fourth-order valence-corrected chi connectivity index (χ4v) is 4.50. The molecule has 1 heterocycles. The number of rotatable bonds is 9. The van der Waals surface area contributed by atoms with Gasteiger partial charge in [-0.05, 0) is 56.6 Å². The number of nitrogens with zero attached hydrogens (tertiary/aromatic N) is 2. The van der Waals surface area contributed by atoms with Crippen molar-refractivity contribution in [2.45, 2.75) is 43.8 Å². The molecule has 1 saturated heterocycles. The topological polar surface area (TPSA) is 85.8 Å². The molecule has 0 spiro atoms. The zero-order chi connectivity index (χ0) is 22.1. The number of aliphatic imine (C=N–C) groups is 1. The second-order valence-electron chi connectivity index (χ2n) is 7.68. The van der Waals surface area contributed by atoms with Crippen LogP contribution in [0.25, 0.3) is 0 Å². The van der Waals surface area contributed by atoms with E-state index in [1.165, 1.54) is 25.5 Å². The Balaban J connectivity index is 1.57. The summed E-state index contributed by atoms with van der Waals surface area (Å²) in [4.78, 5) is 7.47. The van der Waals surface area contributed by atoms with Crippen LogP contribution in [0, 0.1) is 0 Å². The average molecular weight is 444 g/mol. The number of hydrogen-bond donors (Lipinski definition) is 3. The lowest BCUT2D eigenvalue weighted by Gasteiger charge is -2.25. The zero-order valence-corrected chi connectivity index (χ0v) is 19.2. The molecule has 3 N–H and O–H groups in total. The van der Waals surface area contributed by atoms with Crippen molar-refractivity contribution >= 4 is 16.0 Å². The molecule has 1 aliphatic heterocycles. The van der Waals surface area contributed by atoms with Crippen LogP contribution in [0.2, 0.25) is 0 Å². The quantitative estimate of drug-likeness (QED) is 0.409. The normalized spacial score (nSPS) is 17.6. The number of hydrogen-bond acceptors (Lipinski definition) is 4. The Kier molecular flexibility index (Phi) is 8.45. The van der Waals surface area contributed by atoms with Crippen LogP contribution in [0.15, 0.2) is 64.5 Å². The summed E-state index contributed by atoms with van der Waals surface area (Å²) in [5.41, 5.74) is 2.30. The maximum absolute atomic E-state index is 11.9. The number of guanidine groups is 1. The van der Waals surface area contributed by atoms with Gasteiger partial charge in [0, 0.05) is 25.7 Å². The highest BCUT2D eigenvalue weighted by Gasteiger charge is 2.24. The van der Waals surface area contributed by atoms with Crippen molar-refractivity contribution in [1.29, 1.82) is 0 Å². The predicted octanol–water partition coefficient (Wildman–Crippen LogP) is 2.31. The summed E-state index contributed by atoms with van der Waals surface area (Å²) in [6.07, 6.45) is 2.40. The van der Waals surface area contributed by atoms with Crippen LogP contribution in [0.1, 0.15) is 30.9 Å². The Morgan fingerprint density at radius 3 is 2.48 bits per heavy atom. The van der Waals surface area contributed by atoms with E-state index in [-0.39, 0.29) is 4.90 Å². The highest BCUT2D eigenvalue weighted by atomic mass is 32.2. The van der Waals surface area contributed by atoms with Gasteiger partial charge in [-0.25, -0.2) is 18.1 Å². The minimum absolute atomic E-state index is 0.257. The van der Waals surface area contributed by atoms with E-state index in [4.69, 9.17) is 0 Å². The van der Waals surface area contributed by atoms with Crippen molar-refractivity contribution in [1.82, 2.24) is 20.3 Å². The number of sulfonamides is 1. The van der Waals surface area contributed by atoms with Gasteiger partial charge in [-0.15, -0.1) is 0 Å². The minimum Gasteiger partial charge on any atom is -0.357 e. The fraction of sp³-hybridized carbons (Fsp3) is 0.435.